The summed E-state index contributed by atoms with van der Waals surface area (Å²) < 4.78 is 12.1. The van der Waals surface area contributed by atoms with Crippen molar-refractivity contribution >= 4 is 16.7 Å². The summed E-state index contributed by atoms with van der Waals surface area (Å²) in [5, 5.41) is 2.02. The van der Waals surface area contributed by atoms with Crippen LogP contribution in [-0.4, -0.2) is 77.8 Å². The van der Waals surface area contributed by atoms with Gasteiger partial charge in [-0.2, -0.15) is 0 Å². The van der Waals surface area contributed by atoms with Crippen molar-refractivity contribution in [2.24, 2.45) is 5.92 Å². The summed E-state index contributed by atoms with van der Waals surface area (Å²) in [6, 6.07) is 10.5. The maximum atomic E-state index is 13.3. The molecule has 3 aliphatic heterocycles. The Balaban J connectivity index is 1.12. The van der Waals surface area contributed by atoms with Gasteiger partial charge in [0.15, 0.2) is 0 Å². The molecule has 4 heterocycles. The third kappa shape index (κ3) is 3.62. The van der Waals surface area contributed by atoms with E-state index < -0.39 is 0 Å². The van der Waals surface area contributed by atoms with Gasteiger partial charge in [-0.05, 0) is 55.9 Å². The Kier molecular flexibility index (Phi) is 5.40. The molecule has 1 spiro atoms. The van der Waals surface area contributed by atoms with Crippen LogP contribution in [0, 0.1) is 5.92 Å². The van der Waals surface area contributed by atoms with Gasteiger partial charge < -0.3 is 14.4 Å². The van der Waals surface area contributed by atoms with Crippen LogP contribution in [-0.2, 0) is 9.47 Å². The lowest BCUT2D eigenvalue weighted by atomic mass is 9.73. The number of amides is 1. The lowest BCUT2D eigenvalue weighted by Gasteiger charge is -2.63. The summed E-state index contributed by atoms with van der Waals surface area (Å²) in [6.45, 7) is 5.24. The van der Waals surface area contributed by atoms with Crippen LogP contribution in [0.15, 0.2) is 36.5 Å². The number of likely N-dealkylation sites (tertiary alicyclic amines) is 2. The van der Waals surface area contributed by atoms with Crippen LogP contribution < -0.4 is 0 Å². The number of hydrogen-bond acceptors (Lipinski definition) is 5. The van der Waals surface area contributed by atoms with Crippen LogP contribution in [0.5, 0.6) is 0 Å². The van der Waals surface area contributed by atoms with Crippen LogP contribution >= 0.6 is 0 Å². The Bertz CT molecular complexity index is 972. The third-order valence-corrected chi connectivity index (χ3v) is 8.19. The van der Waals surface area contributed by atoms with Crippen LogP contribution in [0.3, 0.4) is 0 Å². The smallest absolute Gasteiger partial charge is 0.273 e. The van der Waals surface area contributed by atoms with Crippen LogP contribution in [0.1, 0.15) is 49.0 Å². The fourth-order valence-corrected chi connectivity index (χ4v) is 6.01. The highest BCUT2D eigenvalue weighted by molar-refractivity contribution is 6.05. The second kappa shape index (κ2) is 8.40. The first-order valence-corrected chi connectivity index (χ1v) is 12.3. The fraction of sp³-hybridized carbons (Fsp3) is 0.615. The first kappa shape index (κ1) is 20.6. The zero-order valence-electron chi connectivity index (χ0n) is 18.7. The van der Waals surface area contributed by atoms with Crippen molar-refractivity contribution in [1.82, 2.24) is 14.8 Å². The van der Waals surface area contributed by atoms with E-state index in [1.807, 2.05) is 35.2 Å². The minimum atomic E-state index is 0.0651. The molecule has 0 N–H and O–H groups in total. The van der Waals surface area contributed by atoms with Crippen molar-refractivity contribution in [2.75, 3.05) is 39.5 Å². The minimum Gasteiger partial charge on any atom is -0.381 e. The maximum Gasteiger partial charge on any atom is 0.273 e. The van der Waals surface area contributed by atoms with Gasteiger partial charge in [0.05, 0.1) is 11.6 Å². The molecule has 6 heteroatoms. The number of carbonyl (C=O) groups is 1. The number of fused-ring (bicyclic) bond motifs is 1. The van der Waals surface area contributed by atoms with Gasteiger partial charge in [-0.1, -0.05) is 24.3 Å². The predicted molar refractivity (Wildman–Crippen MR) is 123 cm³/mol. The van der Waals surface area contributed by atoms with Crippen molar-refractivity contribution in [2.45, 2.75) is 56.2 Å². The maximum absolute atomic E-state index is 13.3. The van der Waals surface area contributed by atoms with Crippen molar-refractivity contribution in [3.8, 4) is 0 Å². The highest BCUT2D eigenvalue weighted by Crippen LogP contribution is 2.45. The highest BCUT2D eigenvalue weighted by Gasteiger charge is 2.57. The molecule has 6 nitrogen and oxygen atoms in total. The van der Waals surface area contributed by atoms with Gasteiger partial charge in [-0.3, -0.25) is 14.7 Å². The lowest BCUT2D eigenvalue weighted by Crippen LogP contribution is -2.76. The van der Waals surface area contributed by atoms with Gasteiger partial charge in [-0.25, -0.2) is 0 Å². The van der Waals surface area contributed by atoms with Crippen molar-refractivity contribution in [3.63, 3.8) is 0 Å². The van der Waals surface area contributed by atoms with E-state index in [2.05, 4.69) is 9.88 Å². The van der Waals surface area contributed by atoms with Crippen molar-refractivity contribution in [1.29, 1.82) is 0 Å². The normalized spacial score (nSPS) is 26.4. The summed E-state index contributed by atoms with van der Waals surface area (Å²) in [5.74, 6) is 0.869. The molecule has 1 aromatic carbocycles. The molecule has 1 aliphatic carbocycles. The quantitative estimate of drug-likeness (QED) is 0.720. The number of piperidine rings is 1. The van der Waals surface area contributed by atoms with Gasteiger partial charge >= 0.3 is 0 Å². The summed E-state index contributed by atoms with van der Waals surface area (Å²) in [4.78, 5) is 22.5. The molecule has 32 heavy (non-hydrogen) atoms. The van der Waals surface area contributed by atoms with E-state index in [-0.39, 0.29) is 11.4 Å². The number of ether oxygens (including phenoxy) is 2. The number of pyridine rings is 1. The minimum absolute atomic E-state index is 0.0651. The second-order valence-corrected chi connectivity index (χ2v) is 10.0. The summed E-state index contributed by atoms with van der Waals surface area (Å²) in [7, 11) is 0. The molecule has 4 aliphatic rings. The highest BCUT2D eigenvalue weighted by atomic mass is 16.5. The molecule has 1 aromatic heterocycles. The Morgan fingerprint density at radius 2 is 1.88 bits per heavy atom. The molecule has 4 fully saturated rings. The average molecular weight is 436 g/mol. The largest absolute Gasteiger partial charge is 0.381 e. The standard InChI is InChI=1S/C26H33N3O3/c30-25(24-22-4-2-1-3-20(22)7-12-27-24)28-13-8-21(9-14-28)29-17-23(32-18-19-5-6-19)26(29)10-15-31-16-11-26/h1-4,7,12,19,21,23H,5-6,8-11,13-18H2. The predicted octanol–water partition coefficient (Wildman–Crippen LogP) is 3.50. The molecular formula is C26H33N3O3. The molecule has 1 atom stereocenters. The number of nitrogens with zero attached hydrogens (tertiary/aromatic N) is 3. The van der Waals surface area contributed by atoms with E-state index in [1.165, 1.54) is 12.8 Å². The zero-order chi connectivity index (χ0) is 21.5. The van der Waals surface area contributed by atoms with E-state index in [0.29, 0.717) is 17.8 Å². The van der Waals surface area contributed by atoms with Gasteiger partial charge in [0.1, 0.15) is 5.69 Å². The van der Waals surface area contributed by atoms with Crippen LogP contribution in [0.2, 0.25) is 0 Å². The average Bonchev–Trinajstić information content (AvgIpc) is 3.68. The van der Waals surface area contributed by atoms with E-state index >= 15 is 0 Å². The third-order valence-electron chi connectivity index (χ3n) is 8.19. The monoisotopic (exact) mass is 435 g/mol. The van der Waals surface area contributed by atoms with Crippen molar-refractivity contribution in [3.05, 3.63) is 42.2 Å². The number of rotatable bonds is 5. The molecule has 3 saturated heterocycles. The number of carbonyl (C=O) groups excluding carboxylic acids is 1. The number of hydrogen-bond donors (Lipinski definition) is 0. The van der Waals surface area contributed by atoms with Gasteiger partial charge in [0, 0.05) is 57.1 Å². The van der Waals surface area contributed by atoms with E-state index in [0.717, 1.165) is 81.8 Å². The van der Waals surface area contributed by atoms with Gasteiger partial charge in [0.2, 0.25) is 0 Å². The Hall–Kier alpha value is -2.02. The molecule has 6 rings (SSSR count). The first-order valence-electron chi connectivity index (χ1n) is 12.3. The van der Waals surface area contributed by atoms with Crippen molar-refractivity contribution < 1.29 is 14.3 Å². The Morgan fingerprint density at radius 1 is 1.09 bits per heavy atom. The molecular weight excluding hydrogens is 402 g/mol. The molecule has 1 unspecified atom stereocenters. The summed E-state index contributed by atoms with van der Waals surface area (Å²) >= 11 is 0. The summed E-state index contributed by atoms with van der Waals surface area (Å²) in [6.07, 6.45) is 8.96. The van der Waals surface area contributed by atoms with E-state index in [1.54, 1.807) is 6.20 Å². The molecule has 170 valence electrons. The lowest BCUT2D eigenvalue weighted by molar-refractivity contribution is -0.217. The number of aromatic nitrogens is 1. The summed E-state index contributed by atoms with van der Waals surface area (Å²) in [5.41, 5.74) is 0.737. The van der Waals surface area contributed by atoms with Crippen LogP contribution in [0.4, 0.5) is 0 Å². The first-order chi connectivity index (χ1) is 15.7. The fourth-order valence-electron chi connectivity index (χ4n) is 6.01. The van der Waals surface area contributed by atoms with E-state index in [4.69, 9.17) is 9.47 Å². The molecule has 1 amide bonds. The molecule has 0 bridgehead atoms. The zero-order valence-corrected chi connectivity index (χ0v) is 18.7. The number of benzene rings is 1. The Labute approximate surface area is 189 Å². The topological polar surface area (TPSA) is 54.9 Å². The molecule has 1 saturated carbocycles. The Morgan fingerprint density at radius 3 is 2.66 bits per heavy atom. The second-order valence-electron chi connectivity index (χ2n) is 10.0. The van der Waals surface area contributed by atoms with Crippen LogP contribution in [0.25, 0.3) is 10.8 Å². The molecule has 2 aromatic rings. The molecule has 0 radical (unpaired) electrons. The van der Waals surface area contributed by atoms with Gasteiger partial charge in [0.25, 0.3) is 5.91 Å². The SMILES string of the molecule is O=C(c1nccc2ccccc12)N1CCC(N2CC(OCC3CC3)C23CCOCC3)CC1. The van der Waals surface area contributed by atoms with E-state index in [9.17, 15) is 4.79 Å². The van der Waals surface area contributed by atoms with Gasteiger partial charge in [-0.15, -0.1) is 0 Å².